The molecule has 1 aromatic carbocycles. The summed E-state index contributed by atoms with van der Waals surface area (Å²) in [6.07, 6.45) is 5.38. The van der Waals surface area contributed by atoms with E-state index in [1.165, 1.54) is 18.4 Å². The lowest BCUT2D eigenvalue weighted by Gasteiger charge is -2.40. The summed E-state index contributed by atoms with van der Waals surface area (Å²) < 4.78 is 5.34. The number of amides is 1. The highest BCUT2D eigenvalue weighted by atomic mass is 16.5. The van der Waals surface area contributed by atoms with Gasteiger partial charge in [0.1, 0.15) is 5.76 Å². The smallest absolute Gasteiger partial charge is 0.253 e. The number of piperidine rings is 1. The van der Waals surface area contributed by atoms with E-state index in [2.05, 4.69) is 19.9 Å². The summed E-state index contributed by atoms with van der Waals surface area (Å²) >= 11 is 0. The van der Waals surface area contributed by atoms with Gasteiger partial charge in [0.05, 0.1) is 5.69 Å². The van der Waals surface area contributed by atoms with Gasteiger partial charge < -0.3 is 14.4 Å². The molecule has 0 saturated carbocycles. The summed E-state index contributed by atoms with van der Waals surface area (Å²) in [6, 6.07) is 7.96. The van der Waals surface area contributed by atoms with Crippen LogP contribution in [0.2, 0.25) is 0 Å². The van der Waals surface area contributed by atoms with E-state index in [9.17, 15) is 4.79 Å². The van der Waals surface area contributed by atoms with Gasteiger partial charge in [0.25, 0.3) is 5.91 Å². The average Bonchev–Trinajstić information content (AvgIpc) is 3.43. The molecule has 6 nitrogen and oxygen atoms in total. The van der Waals surface area contributed by atoms with Gasteiger partial charge in [-0.1, -0.05) is 5.16 Å². The van der Waals surface area contributed by atoms with E-state index in [0.717, 1.165) is 67.1 Å². The van der Waals surface area contributed by atoms with Gasteiger partial charge in [-0.2, -0.15) is 0 Å². The Morgan fingerprint density at radius 2 is 2.10 bits per heavy atom. The number of hydrogen-bond acceptors (Lipinski definition) is 4. The van der Waals surface area contributed by atoms with Crippen LogP contribution in [0.1, 0.15) is 46.6 Å². The molecular weight excluding hydrogens is 364 g/mol. The molecule has 152 valence electrons. The summed E-state index contributed by atoms with van der Waals surface area (Å²) in [6.45, 7) is 8.75. The zero-order valence-corrected chi connectivity index (χ0v) is 17.2. The summed E-state index contributed by atoms with van der Waals surface area (Å²) in [5, 5.41) is 5.19. The minimum atomic E-state index is 0.160. The van der Waals surface area contributed by atoms with E-state index < -0.39 is 0 Å². The number of aryl methyl sites for hydroxylation is 2. The summed E-state index contributed by atoms with van der Waals surface area (Å²) in [5.41, 5.74) is 4.28. The van der Waals surface area contributed by atoms with Crippen LogP contribution in [0.15, 0.2) is 35.0 Å². The number of likely N-dealkylation sites (tertiary alicyclic amines) is 2. The van der Waals surface area contributed by atoms with Crippen molar-refractivity contribution in [3.63, 3.8) is 0 Å². The molecular formula is C23H28N4O2. The number of carbonyl (C=O) groups is 1. The number of carbonyl (C=O) groups excluding carboxylic acids is 1. The van der Waals surface area contributed by atoms with E-state index in [-0.39, 0.29) is 11.3 Å². The molecule has 1 spiro atoms. The van der Waals surface area contributed by atoms with Crippen molar-refractivity contribution in [1.82, 2.24) is 19.9 Å². The van der Waals surface area contributed by atoms with E-state index in [1.807, 2.05) is 44.3 Å². The van der Waals surface area contributed by atoms with E-state index in [1.54, 1.807) is 0 Å². The Labute approximate surface area is 170 Å². The Morgan fingerprint density at radius 1 is 1.21 bits per heavy atom. The highest BCUT2D eigenvalue weighted by Crippen LogP contribution is 2.40. The second-order valence-electron chi connectivity index (χ2n) is 8.87. The maximum Gasteiger partial charge on any atom is 0.253 e. The summed E-state index contributed by atoms with van der Waals surface area (Å²) in [4.78, 5) is 20.9. The Morgan fingerprint density at radius 3 is 2.93 bits per heavy atom. The van der Waals surface area contributed by atoms with E-state index in [0.29, 0.717) is 0 Å². The first-order chi connectivity index (χ1) is 14.0. The first-order valence-electron chi connectivity index (χ1n) is 10.5. The minimum Gasteiger partial charge on any atom is -0.361 e. The van der Waals surface area contributed by atoms with Crippen LogP contribution >= 0.6 is 0 Å². The van der Waals surface area contributed by atoms with Crippen LogP contribution in [0.25, 0.3) is 10.9 Å². The van der Waals surface area contributed by atoms with Crippen molar-refractivity contribution < 1.29 is 9.32 Å². The van der Waals surface area contributed by atoms with Crippen molar-refractivity contribution in [2.45, 2.75) is 39.7 Å². The average molecular weight is 393 g/mol. The second kappa shape index (κ2) is 7.02. The maximum absolute atomic E-state index is 13.1. The van der Waals surface area contributed by atoms with Gasteiger partial charge in [-0.25, -0.2) is 0 Å². The lowest BCUT2D eigenvalue weighted by Crippen LogP contribution is -2.45. The van der Waals surface area contributed by atoms with Crippen LogP contribution in [0.5, 0.6) is 0 Å². The number of aromatic nitrogens is 2. The molecule has 1 N–H and O–H groups in total. The van der Waals surface area contributed by atoms with Gasteiger partial charge in [-0.05, 0) is 63.9 Å². The minimum absolute atomic E-state index is 0.160. The molecule has 0 aliphatic carbocycles. The Bertz CT molecular complexity index is 1030. The Hall–Kier alpha value is -2.60. The quantitative estimate of drug-likeness (QED) is 0.734. The predicted octanol–water partition coefficient (Wildman–Crippen LogP) is 3.90. The number of nitrogens with zero attached hydrogens (tertiary/aromatic N) is 3. The number of aromatic amines is 1. The molecule has 6 heteroatoms. The molecule has 5 rings (SSSR count). The molecule has 2 aromatic heterocycles. The number of benzene rings is 1. The fourth-order valence-electron chi connectivity index (χ4n) is 5.21. The van der Waals surface area contributed by atoms with Crippen LogP contribution in [0.3, 0.4) is 0 Å². The van der Waals surface area contributed by atoms with Crippen molar-refractivity contribution in [1.29, 1.82) is 0 Å². The normalized spacial score (nSPS) is 22.8. The molecule has 1 amide bonds. The topological polar surface area (TPSA) is 65.4 Å². The SMILES string of the molecule is Cc1noc(C)c1CN1CCC[C@@]2(CCN(C(=O)c3ccc4[nH]ccc4c3)C2)C1. The van der Waals surface area contributed by atoms with Crippen LogP contribution in [-0.2, 0) is 6.54 Å². The lowest BCUT2D eigenvalue weighted by atomic mass is 9.79. The summed E-state index contributed by atoms with van der Waals surface area (Å²) in [5.74, 6) is 1.08. The number of rotatable bonds is 3. The Kier molecular flexibility index (Phi) is 4.46. The van der Waals surface area contributed by atoms with Crippen molar-refractivity contribution in [2.24, 2.45) is 5.41 Å². The highest BCUT2D eigenvalue weighted by molar-refractivity contribution is 5.98. The third-order valence-electron chi connectivity index (χ3n) is 6.83. The van der Waals surface area contributed by atoms with Gasteiger partial charge >= 0.3 is 0 Å². The Balaban J connectivity index is 1.29. The zero-order valence-electron chi connectivity index (χ0n) is 17.2. The van der Waals surface area contributed by atoms with E-state index in [4.69, 9.17) is 4.52 Å². The van der Waals surface area contributed by atoms with Crippen molar-refractivity contribution in [3.8, 4) is 0 Å². The van der Waals surface area contributed by atoms with Crippen molar-refractivity contribution in [2.75, 3.05) is 26.2 Å². The third kappa shape index (κ3) is 3.35. The fourth-order valence-corrected chi connectivity index (χ4v) is 5.21. The molecule has 0 unspecified atom stereocenters. The molecule has 2 fully saturated rings. The molecule has 1 atom stereocenters. The molecule has 3 aromatic rings. The van der Waals surface area contributed by atoms with Gasteiger partial charge in [0.2, 0.25) is 0 Å². The van der Waals surface area contributed by atoms with Crippen molar-refractivity contribution in [3.05, 3.63) is 53.0 Å². The van der Waals surface area contributed by atoms with Crippen LogP contribution in [0.4, 0.5) is 0 Å². The molecule has 0 radical (unpaired) electrons. The van der Waals surface area contributed by atoms with Gasteiger partial charge in [-0.3, -0.25) is 9.69 Å². The van der Waals surface area contributed by atoms with E-state index >= 15 is 0 Å². The molecule has 4 heterocycles. The zero-order chi connectivity index (χ0) is 20.0. The largest absolute Gasteiger partial charge is 0.361 e. The fraction of sp³-hybridized carbons (Fsp3) is 0.478. The predicted molar refractivity (Wildman–Crippen MR) is 112 cm³/mol. The molecule has 2 aliphatic rings. The molecule has 29 heavy (non-hydrogen) atoms. The molecule has 2 aliphatic heterocycles. The third-order valence-corrected chi connectivity index (χ3v) is 6.83. The number of hydrogen-bond donors (Lipinski definition) is 1. The second-order valence-corrected chi connectivity index (χ2v) is 8.87. The lowest BCUT2D eigenvalue weighted by molar-refractivity contribution is 0.0674. The van der Waals surface area contributed by atoms with Gasteiger partial charge in [-0.15, -0.1) is 0 Å². The van der Waals surface area contributed by atoms with Gasteiger partial charge in [0.15, 0.2) is 0 Å². The number of fused-ring (bicyclic) bond motifs is 1. The standard InChI is InChI=1S/C23H28N4O2/c1-16-20(17(2)29-25-16)13-26-10-3-7-23(14-26)8-11-27(15-23)22(28)19-4-5-21-18(12-19)6-9-24-21/h4-6,9,12,24H,3,7-8,10-11,13-15H2,1-2H3/t23-/m1/s1. The molecule has 2 saturated heterocycles. The molecule has 0 bridgehead atoms. The number of nitrogens with one attached hydrogen (secondary N) is 1. The van der Waals surface area contributed by atoms with Crippen molar-refractivity contribution >= 4 is 16.8 Å². The number of H-pyrrole nitrogens is 1. The monoisotopic (exact) mass is 392 g/mol. The first kappa shape index (κ1) is 18.4. The summed E-state index contributed by atoms with van der Waals surface area (Å²) in [7, 11) is 0. The maximum atomic E-state index is 13.1. The van der Waals surface area contributed by atoms with Gasteiger partial charge in [0, 0.05) is 59.8 Å². The van der Waals surface area contributed by atoms with Crippen LogP contribution in [0, 0.1) is 19.3 Å². The van der Waals surface area contributed by atoms with Crippen LogP contribution in [-0.4, -0.2) is 52.0 Å². The first-order valence-corrected chi connectivity index (χ1v) is 10.5. The van der Waals surface area contributed by atoms with Crippen LogP contribution < -0.4 is 0 Å². The highest BCUT2D eigenvalue weighted by Gasteiger charge is 2.43.